The lowest BCUT2D eigenvalue weighted by Gasteiger charge is -2.09. The van der Waals surface area contributed by atoms with Crippen molar-refractivity contribution in [1.29, 1.82) is 0 Å². The van der Waals surface area contributed by atoms with E-state index in [9.17, 15) is 4.79 Å². The van der Waals surface area contributed by atoms with Crippen molar-refractivity contribution in [3.8, 4) is 23.0 Å². The zero-order chi connectivity index (χ0) is 21.3. The van der Waals surface area contributed by atoms with Crippen LogP contribution in [0.2, 0.25) is 5.02 Å². The minimum absolute atomic E-state index is 0.247. The van der Waals surface area contributed by atoms with Gasteiger partial charge in [0.25, 0.3) is 0 Å². The number of amides is 1. The summed E-state index contributed by atoms with van der Waals surface area (Å²) in [6.07, 6.45) is 3.18. The molecule has 0 bridgehead atoms. The Hall–Kier alpha value is -3.44. The first-order valence-electron chi connectivity index (χ1n) is 9.41. The van der Waals surface area contributed by atoms with E-state index in [4.69, 9.17) is 25.8 Å². The van der Waals surface area contributed by atoms with Crippen LogP contribution in [0.5, 0.6) is 23.0 Å². The van der Waals surface area contributed by atoms with Crippen molar-refractivity contribution in [3.05, 3.63) is 83.4 Å². The highest BCUT2D eigenvalue weighted by atomic mass is 35.5. The van der Waals surface area contributed by atoms with Crippen molar-refractivity contribution < 1.29 is 19.0 Å². The van der Waals surface area contributed by atoms with E-state index in [2.05, 4.69) is 5.32 Å². The molecule has 1 N–H and O–H groups in total. The summed E-state index contributed by atoms with van der Waals surface area (Å²) in [5, 5.41) is 3.35. The van der Waals surface area contributed by atoms with Crippen LogP contribution in [-0.2, 0) is 4.79 Å². The molecule has 0 saturated carbocycles. The second-order valence-electron chi connectivity index (χ2n) is 6.22. The average Bonchev–Trinajstić information content (AvgIpc) is 2.76. The molecule has 30 heavy (non-hydrogen) atoms. The molecule has 3 aromatic carbocycles. The fourth-order valence-corrected chi connectivity index (χ4v) is 2.86. The Morgan fingerprint density at radius 2 is 1.77 bits per heavy atom. The van der Waals surface area contributed by atoms with Crippen LogP contribution in [-0.4, -0.2) is 19.6 Å². The van der Waals surface area contributed by atoms with Gasteiger partial charge in [0.2, 0.25) is 5.91 Å². The van der Waals surface area contributed by atoms with Crippen molar-refractivity contribution in [3.63, 3.8) is 0 Å². The van der Waals surface area contributed by atoms with Crippen molar-refractivity contribution >= 4 is 29.3 Å². The maximum atomic E-state index is 12.2. The molecule has 0 saturated heterocycles. The first-order chi connectivity index (χ1) is 14.6. The summed E-state index contributed by atoms with van der Waals surface area (Å²) in [5.41, 5.74) is 1.48. The third kappa shape index (κ3) is 5.78. The van der Waals surface area contributed by atoms with Crippen LogP contribution < -0.4 is 19.5 Å². The number of benzene rings is 3. The third-order valence-electron chi connectivity index (χ3n) is 4.10. The fourth-order valence-electron chi connectivity index (χ4n) is 2.68. The van der Waals surface area contributed by atoms with E-state index in [0.717, 1.165) is 5.56 Å². The quantitative estimate of drug-likeness (QED) is 0.439. The Balaban J connectivity index is 1.61. The molecular formula is C24H22ClNO4. The summed E-state index contributed by atoms with van der Waals surface area (Å²) in [6.45, 7) is 2.43. The summed E-state index contributed by atoms with van der Waals surface area (Å²) in [7, 11) is 1.59. The van der Waals surface area contributed by atoms with Crippen LogP contribution in [0.1, 0.15) is 12.5 Å². The van der Waals surface area contributed by atoms with Crippen molar-refractivity contribution in [2.24, 2.45) is 0 Å². The van der Waals surface area contributed by atoms with Gasteiger partial charge in [0.1, 0.15) is 11.5 Å². The molecule has 6 heteroatoms. The topological polar surface area (TPSA) is 56.8 Å². The Morgan fingerprint density at radius 1 is 1.00 bits per heavy atom. The Kier molecular flexibility index (Phi) is 7.35. The number of hydrogen-bond acceptors (Lipinski definition) is 4. The van der Waals surface area contributed by atoms with Crippen LogP contribution in [0.15, 0.2) is 72.8 Å². The lowest BCUT2D eigenvalue weighted by atomic mass is 10.2. The van der Waals surface area contributed by atoms with Gasteiger partial charge in [-0.3, -0.25) is 4.79 Å². The summed E-state index contributed by atoms with van der Waals surface area (Å²) < 4.78 is 16.6. The molecule has 154 valence electrons. The lowest BCUT2D eigenvalue weighted by molar-refractivity contribution is -0.111. The summed E-state index contributed by atoms with van der Waals surface area (Å²) >= 11 is 6.10. The second-order valence-corrected chi connectivity index (χ2v) is 6.63. The molecule has 0 aliphatic heterocycles. The van der Waals surface area contributed by atoms with Gasteiger partial charge in [-0.2, -0.15) is 0 Å². The van der Waals surface area contributed by atoms with Crippen LogP contribution in [0.4, 0.5) is 5.69 Å². The van der Waals surface area contributed by atoms with Crippen molar-refractivity contribution in [1.82, 2.24) is 0 Å². The summed E-state index contributed by atoms with van der Waals surface area (Å²) in [4.78, 5) is 12.2. The highest BCUT2D eigenvalue weighted by molar-refractivity contribution is 6.32. The first-order valence-corrected chi connectivity index (χ1v) is 9.79. The standard InChI is InChI=1S/C24H22ClNO4/c1-3-29-23-16-17(8-14-22(23)28-2)9-15-24(27)26-18-10-12-19(13-11-18)30-21-7-5-4-6-20(21)25/h4-16H,3H2,1-2H3,(H,26,27)/b15-9+. The van der Waals surface area contributed by atoms with Gasteiger partial charge in [-0.05, 0) is 67.1 Å². The normalized spacial score (nSPS) is 10.6. The van der Waals surface area contributed by atoms with E-state index in [0.29, 0.717) is 40.3 Å². The van der Waals surface area contributed by atoms with Crippen molar-refractivity contribution in [2.75, 3.05) is 19.0 Å². The number of nitrogens with one attached hydrogen (secondary N) is 1. The largest absolute Gasteiger partial charge is 0.493 e. The highest BCUT2D eigenvalue weighted by Gasteiger charge is 2.05. The van der Waals surface area contributed by atoms with Gasteiger partial charge in [0, 0.05) is 11.8 Å². The average molecular weight is 424 g/mol. The van der Waals surface area contributed by atoms with Gasteiger partial charge in [-0.15, -0.1) is 0 Å². The smallest absolute Gasteiger partial charge is 0.248 e. The zero-order valence-corrected chi connectivity index (χ0v) is 17.5. The number of carbonyl (C=O) groups excluding carboxylic acids is 1. The van der Waals surface area contributed by atoms with Gasteiger partial charge in [0.05, 0.1) is 18.7 Å². The molecule has 3 rings (SSSR count). The summed E-state index contributed by atoms with van der Waals surface area (Å²) in [6, 6.07) is 19.8. The Bertz CT molecular complexity index is 1030. The van der Waals surface area contributed by atoms with Crippen molar-refractivity contribution in [2.45, 2.75) is 6.92 Å². The molecule has 0 atom stereocenters. The molecule has 0 fully saturated rings. The third-order valence-corrected chi connectivity index (χ3v) is 4.41. The molecule has 3 aromatic rings. The molecule has 5 nitrogen and oxygen atoms in total. The number of hydrogen-bond donors (Lipinski definition) is 1. The number of para-hydroxylation sites is 1. The number of halogens is 1. The molecule has 0 spiro atoms. The summed E-state index contributed by atoms with van der Waals surface area (Å²) in [5.74, 6) is 2.24. The minimum Gasteiger partial charge on any atom is -0.493 e. The number of carbonyl (C=O) groups is 1. The van der Waals surface area contributed by atoms with Gasteiger partial charge >= 0.3 is 0 Å². The maximum absolute atomic E-state index is 12.2. The first kappa shape index (κ1) is 21.3. The van der Waals surface area contributed by atoms with E-state index in [1.807, 2.05) is 31.2 Å². The van der Waals surface area contributed by atoms with Gasteiger partial charge in [-0.25, -0.2) is 0 Å². The van der Waals surface area contributed by atoms with Gasteiger partial charge in [0.15, 0.2) is 11.5 Å². The predicted molar refractivity (Wildman–Crippen MR) is 120 cm³/mol. The molecule has 0 heterocycles. The Labute approximate surface area is 180 Å². The van der Waals surface area contributed by atoms with Gasteiger partial charge < -0.3 is 19.5 Å². The fraction of sp³-hybridized carbons (Fsp3) is 0.125. The molecule has 0 aromatic heterocycles. The molecular weight excluding hydrogens is 402 g/mol. The second kappa shape index (κ2) is 10.4. The van der Waals surface area contributed by atoms with E-state index >= 15 is 0 Å². The predicted octanol–water partition coefficient (Wildman–Crippen LogP) is 6.19. The maximum Gasteiger partial charge on any atom is 0.248 e. The Morgan fingerprint density at radius 3 is 2.47 bits per heavy atom. The SMILES string of the molecule is CCOc1cc(/C=C/C(=O)Nc2ccc(Oc3ccccc3Cl)cc2)ccc1OC. The number of methoxy groups -OCH3 is 1. The van der Waals surface area contributed by atoms with Crippen LogP contribution in [0, 0.1) is 0 Å². The molecule has 0 radical (unpaired) electrons. The monoisotopic (exact) mass is 423 g/mol. The van der Waals surface area contributed by atoms with Crippen LogP contribution in [0.3, 0.4) is 0 Å². The molecule has 0 aliphatic carbocycles. The zero-order valence-electron chi connectivity index (χ0n) is 16.7. The molecule has 1 amide bonds. The van der Waals surface area contributed by atoms with Gasteiger partial charge in [-0.1, -0.05) is 29.8 Å². The minimum atomic E-state index is -0.247. The highest BCUT2D eigenvalue weighted by Crippen LogP contribution is 2.30. The van der Waals surface area contributed by atoms with Crippen LogP contribution >= 0.6 is 11.6 Å². The van der Waals surface area contributed by atoms with E-state index < -0.39 is 0 Å². The van der Waals surface area contributed by atoms with E-state index in [1.165, 1.54) is 6.08 Å². The van der Waals surface area contributed by atoms with Crippen LogP contribution in [0.25, 0.3) is 6.08 Å². The number of ether oxygens (including phenoxy) is 3. The lowest BCUT2D eigenvalue weighted by Crippen LogP contribution is -2.07. The van der Waals surface area contributed by atoms with E-state index in [-0.39, 0.29) is 5.91 Å². The van der Waals surface area contributed by atoms with E-state index in [1.54, 1.807) is 55.7 Å². The molecule has 0 unspecified atom stereocenters. The number of anilines is 1. The molecule has 0 aliphatic rings. The number of rotatable bonds is 8.